The van der Waals surface area contributed by atoms with Gasteiger partial charge in [0, 0.05) is 19.3 Å². The van der Waals surface area contributed by atoms with E-state index in [-0.39, 0.29) is 12.1 Å². The molecule has 0 aromatic heterocycles. The van der Waals surface area contributed by atoms with Crippen molar-refractivity contribution in [2.24, 2.45) is 0 Å². The summed E-state index contributed by atoms with van der Waals surface area (Å²) in [6.45, 7) is 6.70. The number of urea groups is 1. The van der Waals surface area contributed by atoms with E-state index in [1.54, 1.807) is 43.2 Å². The van der Waals surface area contributed by atoms with Crippen LogP contribution in [0.15, 0.2) is 24.3 Å². The van der Waals surface area contributed by atoms with E-state index in [1.807, 2.05) is 13.8 Å². The number of aliphatic hydroxyl groups excluding tert-OH is 1. The van der Waals surface area contributed by atoms with Gasteiger partial charge in [0.1, 0.15) is 0 Å². The Morgan fingerprint density at radius 1 is 1.35 bits per heavy atom. The van der Waals surface area contributed by atoms with E-state index in [9.17, 15) is 9.90 Å². The molecule has 0 heterocycles. The molecule has 0 aliphatic heterocycles. The third-order valence-electron chi connectivity index (χ3n) is 3.19. The molecule has 112 valence electrons. The first-order valence-electron chi connectivity index (χ1n) is 6.84. The molecule has 0 saturated carbocycles. The highest BCUT2D eigenvalue weighted by molar-refractivity contribution is 5.89. The van der Waals surface area contributed by atoms with Gasteiger partial charge < -0.3 is 20.1 Å². The summed E-state index contributed by atoms with van der Waals surface area (Å²) >= 11 is 0. The Labute approximate surface area is 120 Å². The van der Waals surface area contributed by atoms with Gasteiger partial charge in [-0.2, -0.15) is 0 Å². The predicted molar refractivity (Wildman–Crippen MR) is 79.8 cm³/mol. The maximum atomic E-state index is 12.2. The molecule has 1 aromatic rings. The summed E-state index contributed by atoms with van der Waals surface area (Å²) in [5.74, 6) is 0. The molecule has 0 aliphatic rings. The highest BCUT2D eigenvalue weighted by Gasteiger charge is 2.18. The van der Waals surface area contributed by atoms with Crippen molar-refractivity contribution in [2.75, 3.05) is 25.6 Å². The summed E-state index contributed by atoms with van der Waals surface area (Å²) < 4.78 is 5.08. The average Bonchev–Trinajstić information content (AvgIpc) is 2.40. The second kappa shape index (κ2) is 7.87. The Kier molecular flexibility index (Phi) is 6.48. The molecule has 20 heavy (non-hydrogen) atoms. The molecule has 2 atom stereocenters. The van der Waals surface area contributed by atoms with Gasteiger partial charge in [0.05, 0.1) is 18.8 Å². The molecule has 0 aliphatic carbocycles. The van der Waals surface area contributed by atoms with Gasteiger partial charge in [-0.15, -0.1) is 0 Å². The number of hydrogen-bond acceptors (Lipinski definition) is 3. The summed E-state index contributed by atoms with van der Waals surface area (Å²) in [5.41, 5.74) is 1.53. The molecule has 5 nitrogen and oxygen atoms in total. The average molecular weight is 280 g/mol. The fraction of sp³-hybridized carbons (Fsp3) is 0.533. The molecule has 1 aromatic carbocycles. The van der Waals surface area contributed by atoms with Crippen LogP contribution in [0.5, 0.6) is 0 Å². The Balaban J connectivity index is 2.68. The van der Waals surface area contributed by atoms with Crippen molar-refractivity contribution in [1.82, 2.24) is 4.90 Å². The lowest BCUT2D eigenvalue weighted by atomic mass is 10.1. The smallest absolute Gasteiger partial charge is 0.322 e. The molecule has 5 heteroatoms. The van der Waals surface area contributed by atoms with Crippen molar-refractivity contribution in [3.63, 3.8) is 0 Å². The minimum absolute atomic E-state index is 0.0155. The monoisotopic (exact) mass is 280 g/mol. The minimum atomic E-state index is -0.506. The van der Waals surface area contributed by atoms with Crippen LogP contribution in [-0.4, -0.2) is 42.3 Å². The summed E-state index contributed by atoms with van der Waals surface area (Å²) in [4.78, 5) is 13.9. The number of methoxy groups -OCH3 is 1. The van der Waals surface area contributed by atoms with Gasteiger partial charge in [-0.05, 0) is 38.5 Å². The van der Waals surface area contributed by atoms with E-state index in [4.69, 9.17) is 4.74 Å². The summed E-state index contributed by atoms with van der Waals surface area (Å²) in [5, 5.41) is 12.3. The van der Waals surface area contributed by atoms with Crippen LogP contribution in [0, 0.1) is 0 Å². The van der Waals surface area contributed by atoms with E-state index in [2.05, 4.69) is 5.32 Å². The third-order valence-corrected chi connectivity index (χ3v) is 3.19. The van der Waals surface area contributed by atoms with E-state index in [1.165, 1.54) is 0 Å². The van der Waals surface area contributed by atoms with Crippen molar-refractivity contribution in [3.05, 3.63) is 29.8 Å². The second-order valence-corrected chi connectivity index (χ2v) is 4.82. The van der Waals surface area contributed by atoms with Crippen molar-refractivity contribution in [3.8, 4) is 0 Å². The van der Waals surface area contributed by atoms with Gasteiger partial charge >= 0.3 is 6.03 Å². The number of anilines is 1. The Hall–Kier alpha value is -1.59. The first-order chi connectivity index (χ1) is 9.49. The van der Waals surface area contributed by atoms with Gasteiger partial charge in [-0.25, -0.2) is 4.79 Å². The lowest BCUT2D eigenvalue weighted by molar-refractivity contribution is 0.119. The van der Waals surface area contributed by atoms with Crippen LogP contribution >= 0.6 is 0 Å². The number of rotatable bonds is 6. The quantitative estimate of drug-likeness (QED) is 0.842. The van der Waals surface area contributed by atoms with Crippen LogP contribution in [0.4, 0.5) is 10.5 Å². The summed E-state index contributed by atoms with van der Waals surface area (Å²) in [6.07, 6.45) is -0.506. The molecule has 2 N–H and O–H groups in total. The van der Waals surface area contributed by atoms with Gasteiger partial charge in [-0.3, -0.25) is 0 Å². The number of nitrogens with one attached hydrogen (secondary N) is 1. The van der Waals surface area contributed by atoms with E-state index < -0.39 is 6.10 Å². The topological polar surface area (TPSA) is 61.8 Å². The molecule has 0 bridgehead atoms. The number of hydrogen-bond donors (Lipinski definition) is 2. The van der Waals surface area contributed by atoms with Crippen LogP contribution in [-0.2, 0) is 4.74 Å². The maximum absolute atomic E-state index is 12.2. The number of aliphatic hydroxyl groups is 1. The molecule has 0 radical (unpaired) electrons. The largest absolute Gasteiger partial charge is 0.389 e. The lowest BCUT2D eigenvalue weighted by Crippen LogP contribution is -2.43. The SMILES string of the molecule is CCN(C(=O)Nc1ccc(C(C)O)cc1)C(C)COC. The molecule has 1 rings (SSSR count). The van der Waals surface area contributed by atoms with E-state index in [0.717, 1.165) is 5.56 Å². The fourth-order valence-corrected chi connectivity index (χ4v) is 2.03. The zero-order chi connectivity index (χ0) is 15.1. The number of carbonyl (C=O) groups excluding carboxylic acids is 1. The Bertz CT molecular complexity index is 418. The number of amides is 2. The number of carbonyl (C=O) groups is 1. The normalized spacial score (nSPS) is 13.7. The molecular formula is C15H24N2O3. The molecule has 0 saturated heterocycles. The third kappa shape index (κ3) is 4.51. The maximum Gasteiger partial charge on any atom is 0.322 e. The highest BCUT2D eigenvalue weighted by atomic mass is 16.5. The number of nitrogens with zero attached hydrogens (tertiary/aromatic N) is 1. The van der Waals surface area contributed by atoms with Crippen LogP contribution in [0.3, 0.4) is 0 Å². The van der Waals surface area contributed by atoms with E-state index in [0.29, 0.717) is 18.8 Å². The predicted octanol–water partition coefficient (Wildman–Crippen LogP) is 2.63. The van der Waals surface area contributed by atoms with E-state index >= 15 is 0 Å². The Morgan fingerprint density at radius 3 is 2.40 bits per heavy atom. The van der Waals surface area contributed by atoms with Crippen molar-refractivity contribution in [2.45, 2.75) is 32.9 Å². The summed E-state index contributed by atoms with van der Waals surface area (Å²) in [6, 6.07) is 7.04. The van der Waals surface area contributed by atoms with Gasteiger partial charge in [0.15, 0.2) is 0 Å². The lowest BCUT2D eigenvalue weighted by Gasteiger charge is -2.27. The second-order valence-electron chi connectivity index (χ2n) is 4.82. The molecule has 2 amide bonds. The van der Waals surface area contributed by atoms with Gasteiger partial charge in [0.2, 0.25) is 0 Å². The first-order valence-corrected chi connectivity index (χ1v) is 6.84. The van der Waals surface area contributed by atoms with Crippen molar-refractivity contribution in [1.29, 1.82) is 0 Å². The van der Waals surface area contributed by atoms with Gasteiger partial charge in [-0.1, -0.05) is 12.1 Å². The Morgan fingerprint density at radius 2 is 1.95 bits per heavy atom. The van der Waals surface area contributed by atoms with Crippen LogP contribution < -0.4 is 5.32 Å². The molecule has 2 unspecified atom stereocenters. The first kappa shape index (κ1) is 16.5. The zero-order valence-corrected chi connectivity index (χ0v) is 12.6. The van der Waals surface area contributed by atoms with Crippen LogP contribution in [0.2, 0.25) is 0 Å². The highest BCUT2D eigenvalue weighted by Crippen LogP contribution is 2.16. The zero-order valence-electron chi connectivity index (χ0n) is 12.6. The van der Waals surface area contributed by atoms with Crippen molar-refractivity contribution >= 4 is 11.7 Å². The molecule has 0 spiro atoms. The minimum Gasteiger partial charge on any atom is -0.389 e. The fourth-order valence-electron chi connectivity index (χ4n) is 2.03. The van der Waals surface area contributed by atoms with Crippen LogP contribution in [0.25, 0.3) is 0 Å². The number of benzene rings is 1. The summed E-state index contributed by atoms with van der Waals surface area (Å²) in [7, 11) is 1.62. The number of likely N-dealkylation sites (N-methyl/N-ethyl adjacent to an activating group) is 1. The number of ether oxygens (including phenoxy) is 1. The molecular weight excluding hydrogens is 256 g/mol. The standard InChI is InChI=1S/C15H24N2O3/c1-5-17(11(2)10-20-4)15(19)16-14-8-6-13(7-9-14)12(3)18/h6-9,11-12,18H,5,10H2,1-4H3,(H,16,19). The van der Waals surface area contributed by atoms with Gasteiger partial charge in [0.25, 0.3) is 0 Å². The van der Waals surface area contributed by atoms with Crippen LogP contribution in [0.1, 0.15) is 32.4 Å². The van der Waals surface area contributed by atoms with Crippen molar-refractivity contribution < 1.29 is 14.6 Å². The molecule has 0 fully saturated rings.